The molecule has 1 aliphatic carbocycles. The van der Waals surface area contributed by atoms with Gasteiger partial charge in [-0.15, -0.1) is 0 Å². The van der Waals surface area contributed by atoms with Crippen LogP contribution in [0.5, 0.6) is 0 Å². The van der Waals surface area contributed by atoms with E-state index in [0.29, 0.717) is 10.7 Å². The van der Waals surface area contributed by atoms with E-state index in [1.807, 2.05) is 26.0 Å². The molecule has 1 aliphatic rings. The smallest absolute Gasteiger partial charge is 0.189 e. The second-order valence-electron chi connectivity index (χ2n) is 5.53. The number of hydrogen-bond acceptors (Lipinski definition) is 2. The van der Waals surface area contributed by atoms with Crippen LogP contribution in [0.15, 0.2) is 30.5 Å². The second kappa shape index (κ2) is 5.06. The molecule has 0 amide bonds. The molecule has 1 aromatic carbocycles. The normalized spacial score (nSPS) is 17.5. The van der Waals surface area contributed by atoms with Crippen LogP contribution in [-0.2, 0) is 6.42 Å². The minimum Gasteiger partial charge on any atom is -0.292 e. The fraction of sp³-hybridized carbons (Fsp3) is 0.375. The van der Waals surface area contributed by atoms with Crippen molar-refractivity contribution in [3.8, 4) is 0 Å². The third-order valence-electron chi connectivity index (χ3n) is 3.92. The van der Waals surface area contributed by atoms with Crippen molar-refractivity contribution in [2.45, 2.75) is 38.6 Å². The molecule has 0 N–H and O–H groups in total. The molecule has 1 aromatic heterocycles. The van der Waals surface area contributed by atoms with Crippen LogP contribution in [0.2, 0.25) is 5.02 Å². The van der Waals surface area contributed by atoms with Crippen LogP contribution in [0.4, 0.5) is 0 Å². The number of aromatic nitrogens is 2. The molecule has 1 heterocycles. The Morgan fingerprint density at radius 2 is 2.15 bits per heavy atom. The van der Waals surface area contributed by atoms with Crippen LogP contribution in [0.3, 0.4) is 0 Å². The Morgan fingerprint density at radius 3 is 2.90 bits per heavy atom. The first-order valence-corrected chi connectivity index (χ1v) is 7.32. The summed E-state index contributed by atoms with van der Waals surface area (Å²) in [6, 6.07) is 8.29. The molecule has 104 valence electrons. The largest absolute Gasteiger partial charge is 0.292 e. The van der Waals surface area contributed by atoms with Gasteiger partial charge in [-0.1, -0.05) is 35.9 Å². The van der Waals surface area contributed by atoms with E-state index in [1.54, 1.807) is 10.9 Å². The lowest BCUT2D eigenvalue weighted by molar-refractivity contribution is 0.0947. The Labute approximate surface area is 123 Å². The fourth-order valence-electron chi connectivity index (χ4n) is 2.96. The number of carbonyl (C=O) groups excluding carboxylic acids is 1. The van der Waals surface area contributed by atoms with E-state index < -0.39 is 0 Å². The Bertz CT molecular complexity index is 660. The van der Waals surface area contributed by atoms with Crippen molar-refractivity contribution in [3.05, 3.63) is 52.3 Å². The molecule has 2 aromatic rings. The van der Waals surface area contributed by atoms with Crippen LogP contribution >= 0.6 is 11.6 Å². The van der Waals surface area contributed by atoms with E-state index in [0.717, 1.165) is 18.4 Å². The lowest BCUT2D eigenvalue weighted by Crippen LogP contribution is -2.18. The van der Waals surface area contributed by atoms with E-state index in [2.05, 4.69) is 17.2 Å². The van der Waals surface area contributed by atoms with E-state index in [1.165, 1.54) is 5.56 Å². The van der Waals surface area contributed by atoms with Gasteiger partial charge in [-0.2, -0.15) is 5.10 Å². The van der Waals surface area contributed by atoms with Gasteiger partial charge in [0.1, 0.15) is 5.69 Å². The first-order chi connectivity index (χ1) is 9.59. The summed E-state index contributed by atoms with van der Waals surface area (Å²) in [5, 5.41) is 4.68. The van der Waals surface area contributed by atoms with E-state index >= 15 is 0 Å². The average molecular weight is 289 g/mol. The number of aryl methyl sites for hydroxylation is 1. The molecule has 1 unspecified atom stereocenters. The van der Waals surface area contributed by atoms with Gasteiger partial charge < -0.3 is 0 Å². The number of carbonyl (C=O) groups is 1. The van der Waals surface area contributed by atoms with Gasteiger partial charge in [0.2, 0.25) is 0 Å². The summed E-state index contributed by atoms with van der Waals surface area (Å²) in [5.41, 5.74) is 2.96. The minimum absolute atomic E-state index is 0.0853. The molecule has 3 nitrogen and oxygen atoms in total. The quantitative estimate of drug-likeness (QED) is 0.799. The van der Waals surface area contributed by atoms with Gasteiger partial charge >= 0.3 is 0 Å². The number of rotatable bonds is 3. The topological polar surface area (TPSA) is 34.9 Å². The fourth-order valence-corrected chi connectivity index (χ4v) is 3.18. The molecule has 4 heteroatoms. The Hall–Kier alpha value is -1.61. The third kappa shape index (κ3) is 2.06. The summed E-state index contributed by atoms with van der Waals surface area (Å²) >= 11 is 6.19. The van der Waals surface area contributed by atoms with Crippen LogP contribution < -0.4 is 0 Å². The lowest BCUT2D eigenvalue weighted by Gasteiger charge is -2.15. The number of halogens is 1. The van der Waals surface area contributed by atoms with Crippen molar-refractivity contribution in [2.24, 2.45) is 0 Å². The van der Waals surface area contributed by atoms with Crippen LogP contribution in [0.25, 0.3) is 0 Å². The van der Waals surface area contributed by atoms with Gasteiger partial charge in [-0.3, -0.25) is 9.48 Å². The molecule has 0 radical (unpaired) electrons. The predicted octanol–water partition coefficient (Wildman–Crippen LogP) is 4.03. The third-order valence-corrected chi connectivity index (χ3v) is 4.20. The highest BCUT2D eigenvalue weighted by molar-refractivity contribution is 6.33. The number of benzene rings is 1. The molecular weight excluding hydrogens is 272 g/mol. The number of nitrogens with zero attached hydrogens (tertiary/aromatic N) is 2. The maximum Gasteiger partial charge on any atom is 0.189 e. The zero-order chi connectivity index (χ0) is 14.3. The molecule has 20 heavy (non-hydrogen) atoms. The summed E-state index contributed by atoms with van der Waals surface area (Å²) in [6.45, 7) is 4.01. The maximum absolute atomic E-state index is 12.9. The summed E-state index contributed by atoms with van der Waals surface area (Å²) < 4.78 is 1.73. The van der Waals surface area contributed by atoms with Gasteiger partial charge in [0.15, 0.2) is 5.78 Å². The molecule has 0 fully saturated rings. The summed E-state index contributed by atoms with van der Waals surface area (Å²) in [5.74, 6) is 0.00375. The van der Waals surface area contributed by atoms with Crippen LogP contribution in [0.1, 0.15) is 53.8 Å². The Balaban J connectivity index is 2.01. The van der Waals surface area contributed by atoms with Gasteiger partial charge in [0, 0.05) is 12.0 Å². The summed E-state index contributed by atoms with van der Waals surface area (Å²) in [4.78, 5) is 12.9. The zero-order valence-electron chi connectivity index (χ0n) is 11.6. The van der Waals surface area contributed by atoms with Gasteiger partial charge in [-0.25, -0.2) is 0 Å². The number of Topliss-reactive ketones (excluding diaryl/α,β-unsaturated/α-hetero) is 1. The monoisotopic (exact) mass is 288 g/mol. The van der Waals surface area contributed by atoms with E-state index in [4.69, 9.17) is 11.6 Å². The van der Waals surface area contributed by atoms with Crippen LogP contribution in [0, 0.1) is 0 Å². The molecule has 0 aliphatic heterocycles. The van der Waals surface area contributed by atoms with Crippen molar-refractivity contribution in [2.75, 3.05) is 0 Å². The molecule has 0 bridgehead atoms. The number of hydrogen-bond donors (Lipinski definition) is 0. The molecule has 3 rings (SSSR count). The molecule has 0 spiro atoms. The SMILES string of the molecule is CC(C)n1ncc(Cl)c1C(=O)C1CCc2ccccc21. The summed E-state index contributed by atoms with van der Waals surface area (Å²) in [7, 11) is 0. The molecule has 0 saturated heterocycles. The minimum atomic E-state index is -0.0853. The zero-order valence-corrected chi connectivity index (χ0v) is 12.4. The number of ketones is 1. The highest BCUT2D eigenvalue weighted by Crippen LogP contribution is 2.36. The summed E-state index contributed by atoms with van der Waals surface area (Å²) in [6.07, 6.45) is 3.38. The maximum atomic E-state index is 12.9. The van der Waals surface area contributed by atoms with Crippen molar-refractivity contribution in [3.63, 3.8) is 0 Å². The van der Waals surface area contributed by atoms with Crippen molar-refractivity contribution < 1.29 is 4.79 Å². The molecular formula is C16H17ClN2O. The molecule has 1 atom stereocenters. The lowest BCUT2D eigenvalue weighted by atomic mass is 9.94. The second-order valence-corrected chi connectivity index (χ2v) is 5.94. The Kier molecular flexibility index (Phi) is 3.38. The Morgan fingerprint density at radius 1 is 1.40 bits per heavy atom. The van der Waals surface area contributed by atoms with Gasteiger partial charge in [-0.05, 0) is 37.8 Å². The van der Waals surface area contributed by atoms with E-state index in [-0.39, 0.29) is 17.7 Å². The number of fused-ring (bicyclic) bond motifs is 1. The molecule has 0 saturated carbocycles. The standard InChI is InChI=1S/C16H17ClN2O/c1-10(2)19-15(14(17)9-18-19)16(20)13-8-7-11-5-3-4-6-12(11)13/h3-6,9-10,13H,7-8H2,1-2H3. The first kappa shape index (κ1) is 13.4. The van der Waals surface area contributed by atoms with Crippen molar-refractivity contribution in [1.29, 1.82) is 0 Å². The highest BCUT2D eigenvalue weighted by Gasteiger charge is 2.32. The highest BCUT2D eigenvalue weighted by atomic mass is 35.5. The average Bonchev–Trinajstić information content (AvgIpc) is 3.01. The van der Waals surface area contributed by atoms with Crippen LogP contribution in [-0.4, -0.2) is 15.6 Å². The van der Waals surface area contributed by atoms with Gasteiger partial charge in [0.05, 0.1) is 11.2 Å². The first-order valence-electron chi connectivity index (χ1n) is 6.94. The van der Waals surface area contributed by atoms with E-state index in [9.17, 15) is 4.79 Å². The van der Waals surface area contributed by atoms with Crippen molar-refractivity contribution in [1.82, 2.24) is 9.78 Å². The predicted molar refractivity (Wildman–Crippen MR) is 79.5 cm³/mol. The van der Waals surface area contributed by atoms with Gasteiger partial charge in [0.25, 0.3) is 0 Å². The van der Waals surface area contributed by atoms with Crippen molar-refractivity contribution >= 4 is 17.4 Å².